The van der Waals surface area contributed by atoms with Gasteiger partial charge in [0, 0.05) is 18.8 Å². The van der Waals surface area contributed by atoms with Crippen LogP contribution >= 0.6 is 11.8 Å². The highest BCUT2D eigenvalue weighted by Crippen LogP contribution is 2.30. The normalized spacial score (nSPS) is 22.1. The Morgan fingerprint density at radius 2 is 2.05 bits per heavy atom. The van der Waals surface area contributed by atoms with Crippen LogP contribution in [0.2, 0.25) is 0 Å². The van der Waals surface area contributed by atoms with Gasteiger partial charge in [0.1, 0.15) is 0 Å². The van der Waals surface area contributed by atoms with E-state index in [-0.39, 0.29) is 0 Å². The summed E-state index contributed by atoms with van der Waals surface area (Å²) >= 11 is 1.92. The molecule has 3 rings (SSSR count). The molecule has 1 saturated heterocycles. The molecule has 0 radical (unpaired) electrons. The third-order valence-electron chi connectivity index (χ3n) is 4.61. The van der Waals surface area contributed by atoms with Crippen LogP contribution in [-0.4, -0.2) is 28.9 Å². The highest BCUT2D eigenvalue weighted by atomic mass is 32.2. The van der Waals surface area contributed by atoms with E-state index in [0.717, 1.165) is 11.6 Å². The standard InChI is InChI=1S/C17H24N2S/c1-13-6-5-9-16(14(13)2)18-17-19(10-11-20-17)12-15-7-3-4-8-15/h5-6,9,15H,3-4,7-8,10-12H2,1-2H3. The zero-order chi connectivity index (χ0) is 13.9. The van der Waals surface area contributed by atoms with Gasteiger partial charge in [0.2, 0.25) is 0 Å². The first-order chi connectivity index (χ1) is 9.74. The summed E-state index contributed by atoms with van der Waals surface area (Å²) in [4.78, 5) is 7.46. The average molecular weight is 288 g/mol. The van der Waals surface area contributed by atoms with E-state index in [0.29, 0.717) is 0 Å². The van der Waals surface area contributed by atoms with E-state index >= 15 is 0 Å². The lowest BCUT2D eigenvalue weighted by molar-refractivity contribution is 0.366. The maximum absolute atomic E-state index is 4.95. The van der Waals surface area contributed by atoms with Crippen molar-refractivity contribution in [3.63, 3.8) is 0 Å². The SMILES string of the molecule is Cc1cccc(N=C2SCCN2CC2CCCC2)c1C. The van der Waals surface area contributed by atoms with Crippen LogP contribution in [0.5, 0.6) is 0 Å². The molecular formula is C17H24N2S. The maximum Gasteiger partial charge on any atom is 0.164 e. The molecule has 2 aliphatic rings. The second-order valence-corrected chi connectivity index (χ2v) is 7.12. The lowest BCUT2D eigenvalue weighted by Gasteiger charge is -2.22. The second-order valence-electron chi connectivity index (χ2n) is 6.06. The number of benzene rings is 1. The van der Waals surface area contributed by atoms with Gasteiger partial charge in [-0.25, -0.2) is 4.99 Å². The van der Waals surface area contributed by atoms with Crippen molar-refractivity contribution in [2.75, 3.05) is 18.8 Å². The number of hydrogen-bond acceptors (Lipinski definition) is 2. The fourth-order valence-corrected chi connectivity index (χ4v) is 4.18. The maximum atomic E-state index is 4.95. The molecule has 1 saturated carbocycles. The van der Waals surface area contributed by atoms with Crippen LogP contribution in [0.25, 0.3) is 0 Å². The molecule has 1 aliphatic heterocycles. The molecule has 1 aromatic carbocycles. The van der Waals surface area contributed by atoms with Crippen molar-refractivity contribution in [2.45, 2.75) is 39.5 Å². The molecule has 2 nitrogen and oxygen atoms in total. The van der Waals surface area contributed by atoms with Crippen LogP contribution in [0, 0.1) is 19.8 Å². The smallest absolute Gasteiger partial charge is 0.164 e. The molecule has 1 aromatic rings. The summed E-state index contributed by atoms with van der Waals surface area (Å²) in [7, 11) is 0. The van der Waals surface area contributed by atoms with Crippen molar-refractivity contribution in [1.29, 1.82) is 0 Å². The van der Waals surface area contributed by atoms with Crippen LogP contribution in [0.3, 0.4) is 0 Å². The summed E-state index contributed by atoms with van der Waals surface area (Å²) in [5.41, 5.74) is 3.79. The average Bonchev–Trinajstić information content (AvgIpc) is 3.08. The first-order valence-corrected chi connectivity index (χ1v) is 8.75. The molecule has 1 heterocycles. The third-order valence-corrected chi connectivity index (χ3v) is 5.60. The molecule has 0 N–H and O–H groups in total. The summed E-state index contributed by atoms with van der Waals surface area (Å²) in [5, 5.41) is 1.24. The van der Waals surface area contributed by atoms with Crippen molar-refractivity contribution in [2.24, 2.45) is 10.9 Å². The second kappa shape index (κ2) is 6.21. The quantitative estimate of drug-likeness (QED) is 0.812. The first-order valence-electron chi connectivity index (χ1n) is 7.76. The Labute approximate surface area is 126 Å². The van der Waals surface area contributed by atoms with Crippen LogP contribution in [0.15, 0.2) is 23.2 Å². The Bertz CT molecular complexity index is 504. The molecule has 0 atom stereocenters. The molecule has 1 aliphatic carbocycles. The van der Waals surface area contributed by atoms with Gasteiger partial charge in [-0.1, -0.05) is 36.7 Å². The number of nitrogens with zero attached hydrogens (tertiary/aromatic N) is 2. The molecule has 108 valence electrons. The number of thioether (sulfide) groups is 1. The number of aliphatic imine (C=N–C) groups is 1. The summed E-state index contributed by atoms with van der Waals surface area (Å²) in [6.07, 6.45) is 5.68. The first kappa shape index (κ1) is 14.0. The van der Waals surface area contributed by atoms with Gasteiger partial charge in [0.05, 0.1) is 5.69 Å². The molecule has 0 spiro atoms. The summed E-state index contributed by atoms with van der Waals surface area (Å²) in [6, 6.07) is 6.42. The Morgan fingerprint density at radius 1 is 1.25 bits per heavy atom. The van der Waals surface area contributed by atoms with Gasteiger partial charge in [0.25, 0.3) is 0 Å². The van der Waals surface area contributed by atoms with Gasteiger partial charge in [-0.2, -0.15) is 0 Å². The Kier molecular flexibility index (Phi) is 4.35. The van der Waals surface area contributed by atoms with Gasteiger partial charge in [-0.3, -0.25) is 0 Å². The lowest BCUT2D eigenvalue weighted by atomic mass is 10.1. The lowest BCUT2D eigenvalue weighted by Crippen LogP contribution is -2.29. The predicted octanol–water partition coefficient (Wildman–Crippen LogP) is 4.53. The number of amidine groups is 1. The van der Waals surface area contributed by atoms with E-state index in [1.165, 1.54) is 60.8 Å². The van der Waals surface area contributed by atoms with E-state index in [2.05, 4.69) is 36.9 Å². The molecule has 3 heteroatoms. The number of hydrogen-bond donors (Lipinski definition) is 0. The predicted molar refractivity (Wildman–Crippen MR) is 89.0 cm³/mol. The van der Waals surface area contributed by atoms with Crippen molar-refractivity contribution in [3.05, 3.63) is 29.3 Å². The molecule has 0 aromatic heterocycles. The van der Waals surface area contributed by atoms with Crippen LogP contribution in [0.1, 0.15) is 36.8 Å². The number of rotatable bonds is 3. The molecular weight excluding hydrogens is 264 g/mol. The highest BCUT2D eigenvalue weighted by Gasteiger charge is 2.24. The highest BCUT2D eigenvalue weighted by molar-refractivity contribution is 8.14. The summed E-state index contributed by atoms with van der Waals surface area (Å²) in [6.45, 7) is 6.73. The van der Waals surface area contributed by atoms with E-state index in [9.17, 15) is 0 Å². The Balaban J connectivity index is 1.76. The molecule has 0 unspecified atom stereocenters. The fraction of sp³-hybridized carbons (Fsp3) is 0.588. The topological polar surface area (TPSA) is 15.6 Å². The fourth-order valence-electron chi connectivity index (χ4n) is 3.17. The van der Waals surface area contributed by atoms with Crippen LogP contribution in [-0.2, 0) is 0 Å². The van der Waals surface area contributed by atoms with E-state index in [1.807, 2.05) is 11.8 Å². The van der Waals surface area contributed by atoms with Crippen molar-refractivity contribution in [1.82, 2.24) is 4.90 Å². The molecule has 2 fully saturated rings. The van der Waals surface area contributed by atoms with Crippen molar-refractivity contribution >= 4 is 22.6 Å². The minimum absolute atomic E-state index is 0.900. The van der Waals surface area contributed by atoms with Gasteiger partial charge < -0.3 is 4.90 Å². The third kappa shape index (κ3) is 3.03. The van der Waals surface area contributed by atoms with Gasteiger partial charge in [-0.15, -0.1) is 0 Å². The zero-order valence-electron chi connectivity index (χ0n) is 12.6. The molecule has 0 bridgehead atoms. The molecule has 0 amide bonds. The molecule has 20 heavy (non-hydrogen) atoms. The minimum atomic E-state index is 0.900. The van der Waals surface area contributed by atoms with Crippen LogP contribution in [0.4, 0.5) is 5.69 Å². The van der Waals surface area contributed by atoms with E-state index < -0.39 is 0 Å². The van der Waals surface area contributed by atoms with Crippen LogP contribution < -0.4 is 0 Å². The minimum Gasteiger partial charge on any atom is -0.350 e. The summed E-state index contributed by atoms with van der Waals surface area (Å²) < 4.78 is 0. The van der Waals surface area contributed by atoms with Gasteiger partial charge >= 0.3 is 0 Å². The van der Waals surface area contributed by atoms with Gasteiger partial charge in [-0.05, 0) is 49.8 Å². The summed E-state index contributed by atoms with van der Waals surface area (Å²) in [5.74, 6) is 2.09. The number of aryl methyl sites for hydroxylation is 1. The Hall–Kier alpha value is -0.960. The van der Waals surface area contributed by atoms with E-state index in [1.54, 1.807) is 0 Å². The monoisotopic (exact) mass is 288 g/mol. The van der Waals surface area contributed by atoms with Crippen molar-refractivity contribution < 1.29 is 0 Å². The largest absolute Gasteiger partial charge is 0.350 e. The van der Waals surface area contributed by atoms with Gasteiger partial charge in [0.15, 0.2) is 5.17 Å². The van der Waals surface area contributed by atoms with E-state index in [4.69, 9.17) is 4.99 Å². The van der Waals surface area contributed by atoms with Crippen molar-refractivity contribution in [3.8, 4) is 0 Å². The zero-order valence-corrected chi connectivity index (χ0v) is 13.4. The Morgan fingerprint density at radius 3 is 2.85 bits per heavy atom.